The summed E-state index contributed by atoms with van der Waals surface area (Å²) in [6, 6.07) is 13.2. The lowest BCUT2D eigenvalue weighted by molar-refractivity contribution is -0.117. The van der Waals surface area contributed by atoms with Gasteiger partial charge in [0.15, 0.2) is 0 Å². The molecular weight excluding hydrogens is 357 g/mol. The highest BCUT2D eigenvalue weighted by Gasteiger charge is 2.15. The number of imidazole rings is 1. The van der Waals surface area contributed by atoms with Crippen LogP contribution in [-0.2, 0) is 17.9 Å². The van der Waals surface area contributed by atoms with E-state index in [0.717, 1.165) is 22.4 Å². The average molecular weight is 374 g/mol. The molecule has 0 saturated heterocycles. The second-order valence-electron chi connectivity index (χ2n) is 5.77. The van der Waals surface area contributed by atoms with E-state index in [9.17, 15) is 4.79 Å². The summed E-state index contributed by atoms with van der Waals surface area (Å²) in [5, 5.41) is 4.03. The molecule has 2 aromatic carbocycles. The highest BCUT2D eigenvalue weighted by molar-refractivity contribution is 6.36. The molecule has 3 rings (SSSR count). The number of carbonyl (C=O) groups excluding carboxylic acids is 1. The monoisotopic (exact) mass is 373 g/mol. The predicted molar refractivity (Wildman–Crippen MR) is 102 cm³/mol. The second kappa shape index (κ2) is 7.30. The van der Waals surface area contributed by atoms with E-state index < -0.39 is 0 Å². The molecule has 1 amide bonds. The number of amides is 1. The van der Waals surface area contributed by atoms with Gasteiger partial charge in [-0.2, -0.15) is 0 Å². The molecule has 1 N–H and O–H groups in total. The normalized spacial score (nSPS) is 10.8. The number of hydrogen-bond donors (Lipinski definition) is 1. The molecule has 0 aliphatic carbocycles. The largest absolute Gasteiger partial charge is 0.345 e. The third-order valence-corrected chi connectivity index (χ3v) is 4.61. The maximum absolute atomic E-state index is 11.8. The van der Waals surface area contributed by atoms with E-state index in [1.165, 1.54) is 0 Å². The molecule has 0 fully saturated rings. The molecule has 0 unspecified atom stereocenters. The van der Waals surface area contributed by atoms with Gasteiger partial charge in [-0.15, -0.1) is 0 Å². The van der Waals surface area contributed by atoms with Crippen molar-refractivity contribution in [3.8, 4) is 0 Å². The number of carbonyl (C=O) groups is 1. The van der Waals surface area contributed by atoms with Gasteiger partial charge >= 0.3 is 0 Å². The van der Waals surface area contributed by atoms with Crippen molar-refractivity contribution in [2.45, 2.75) is 20.0 Å². The Morgan fingerprint density at radius 3 is 2.52 bits per heavy atom. The lowest BCUT2D eigenvalue weighted by Crippen LogP contribution is -2.25. The summed E-state index contributed by atoms with van der Waals surface area (Å²) in [4.78, 5) is 16.5. The lowest BCUT2D eigenvalue weighted by atomic mass is 10.2. The molecule has 0 bridgehead atoms. The predicted octanol–water partition coefficient (Wildman–Crippen LogP) is 4.58. The van der Waals surface area contributed by atoms with Crippen molar-refractivity contribution in [1.82, 2.24) is 14.9 Å². The molecular formula is C19H17Cl2N3O. The van der Waals surface area contributed by atoms with Crippen LogP contribution in [0.25, 0.3) is 11.0 Å². The summed E-state index contributed by atoms with van der Waals surface area (Å²) in [6.07, 6.45) is 0. The molecule has 0 atom stereocenters. The minimum atomic E-state index is -0.200. The summed E-state index contributed by atoms with van der Waals surface area (Å²) < 4.78 is 2.02. The summed E-state index contributed by atoms with van der Waals surface area (Å²) in [6.45, 7) is 6.08. The Kier molecular flexibility index (Phi) is 5.11. The van der Waals surface area contributed by atoms with Gasteiger partial charge in [-0.1, -0.05) is 48.0 Å². The quantitative estimate of drug-likeness (QED) is 0.665. The lowest BCUT2D eigenvalue weighted by Gasteiger charge is -2.13. The Balaban J connectivity index is 2.01. The van der Waals surface area contributed by atoms with Crippen LogP contribution in [0.1, 0.15) is 18.3 Å². The van der Waals surface area contributed by atoms with E-state index >= 15 is 0 Å². The van der Waals surface area contributed by atoms with Crippen LogP contribution in [-0.4, -0.2) is 15.5 Å². The molecule has 25 heavy (non-hydrogen) atoms. The second-order valence-corrected chi connectivity index (χ2v) is 6.58. The molecule has 1 aromatic heterocycles. The number of benzene rings is 2. The first-order chi connectivity index (χ1) is 12.0. The molecule has 128 valence electrons. The number of rotatable bonds is 5. The zero-order valence-corrected chi connectivity index (χ0v) is 15.2. The van der Waals surface area contributed by atoms with Crippen molar-refractivity contribution in [2.75, 3.05) is 0 Å². The van der Waals surface area contributed by atoms with Gasteiger partial charge in [-0.3, -0.25) is 4.79 Å². The maximum Gasteiger partial charge on any atom is 0.246 e. The fraction of sp³-hybridized carbons (Fsp3) is 0.158. The van der Waals surface area contributed by atoms with Crippen molar-refractivity contribution in [1.29, 1.82) is 0 Å². The highest BCUT2D eigenvalue weighted by Crippen LogP contribution is 2.27. The average Bonchev–Trinajstić information content (AvgIpc) is 2.93. The van der Waals surface area contributed by atoms with Crippen LogP contribution in [0.4, 0.5) is 0 Å². The molecule has 0 aliphatic heterocycles. The summed E-state index contributed by atoms with van der Waals surface area (Å²) in [5.74, 6) is 0.529. The Labute approximate surface area is 156 Å². The van der Waals surface area contributed by atoms with Crippen LogP contribution in [0, 0.1) is 0 Å². The van der Waals surface area contributed by atoms with Crippen LogP contribution >= 0.6 is 23.2 Å². The number of fused-ring (bicyclic) bond motifs is 1. The summed E-state index contributed by atoms with van der Waals surface area (Å²) >= 11 is 12.6. The van der Waals surface area contributed by atoms with Crippen LogP contribution in [0.2, 0.25) is 10.0 Å². The maximum atomic E-state index is 11.8. The smallest absolute Gasteiger partial charge is 0.246 e. The van der Waals surface area contributed by atoms with E-state index in [4.69, 9.17) is 23.2 Å². The van der Waals surface area contributed by atoms with Crippen molar-refractivity contribution < 1.29 is 4.79 Å². The van der Waals surface area contributed by atoms with Gasteiger partial charge < -0.3 is 9.88 Å². The number of hydrogen-bond acceptors (Lipinski definition) is 2. The van der Waals surface area contributed by atoms with Crippen molar-refractivity contribution in [3.63, 3.8) is 0 Å². The Hall–Kier alpha value is -2.30. The van der Waals surface area contributed by atoms with Gasteiger partial charge in [0.1, 0.15) is 5.82 Å². The molecule has 4 nitrogen and oxygen atoms in total. The van der Waals surface area contributed by atoms with Crippen LogP contribution in [0.5, 0.6) is 0 Å². The van der Waals surface area contributed by atoms with E-state index in [1.54, 1.807) is 6.92 Å². The third-order valence-electron chi connectivity index (χ3n) is 3.91. The van der Waals surface area contributed by atoms with Crippen LogP contribution < -0.4 is 5.32 Å². The third kappa shape index (κ3) is 3.70. The molecule has 1 heterocycles. The first kappa shape index (κ1) is 17.5. The van der Waals surface area contributed by atoms with Gasteiger partial charge in [-0.05, 0) is 31.2 Å². The minimum Gasteiger partial charge on any atom is -0.345 e. The van der Waals surface area contributed by atoms with Gasteiger partial charge in [0, 0.05) is 21.2 Å². The van der Waals surface area contributed by atoms with E-state index in [2.05, 4.69) is 16.9 Å². The number of aromatic nitrogens is 2. The van der Waals surface area contributed by atoms with Crippen LogP contribution in [0.3, 0.4) is 0 Å². The van der Waals surface area contributed by atoms with Gasteiger partial charge in [0.05, 0.1) is 24.1 Å². The van der Waals surface area contributed by atoms with Crippen molar-refractivity contribution in [3.05, 3.63) is 76.0 Å². The molecule has 0 radical (unpaired) electrons. The first-order valence-corrected chi connectivity index (χ1v) is 8.53. The van der Waals surface area contributed by atoms with Gasteiger partial charge in [0.2, 0.25) is 5.91 Å². The number of nitrogens with one attached hydrogen (secondary N) is 1. The van der Waals surface area contributed by atoms with Crippen LogP contribution in [0.15, 0.2) is 54.6 Å². The molecule has 6 heteroatoms. The Bertz CT molecular complexity index is 942. The van der Waals surface area contributed by atoms with Gasteiger partial charge in [-0.25, -0.2) is 4.98 Å². The first-order valence-electron chi connectivity index (χ1n) is 7.78. The SMILES string of the molecule is C=C(C)C(=O)NCc1nc2ccccc2n1Cc1c(Cl)cccc1Cl. The Morgan fingerprint density at radius 2 is 1.84 bits per heavy atom. The number of nitrogens with zero attached hydrogens (tertiary/aromatic N) is 2. The zero-order chi connectivity index (χ0) is 18.0. The molecule has 0 saturated carbocycles. The molecule has 0 aliphatic rings. The topological polar surface area (TPSA) is 46.9 Å². The molecule has 3 aromatic rings. The van der Waals surface area contributed by atoms with E-state index in [0.29, 0.717) is 28.7 Å². The fourth-order valence-corrected chi connectivity index (χ4v) is 3.11. The molecule has 0 spiro atoms. The number of para-hydroxylation sites is 2. The van der Waals surface area contributed by atoms with E-state index in [1.807, 2.05) is 47.0 Å². The summed E-state index contributed by atoms with van der Waals surface area (Å²) in [5.41, 5.74) is 3.08. The Morgan fingerprint density at radius 1 is 1.16 bits per heavy atom. The number of halogens is 2. The standard InChI is InChI=1S/C19H17Cl2N3O/c1-12(2)19(25)22-10-18-23-16-8-3-4-9-17(16)24(18)11-13-14(20)6-5-7-15(13)21/h3-9H,1,10-11H2,2H3,(H,22,25). The van der Waals surface area contributed by atoms with Crippen molar-refractivity contribution >= 4 is 40.1 Å². The van der Waals surface area contributed by atoms with Gasteiger partial charge in [0.25, 0.3) is 0 Å². The van der Waals surface area contributed by atoms with E-state index in [-0.39, 0.29) is 5.91 Å². The highest BCUT2D eigenvalue weighted by atomic mass is 35.5. The minimum absolute atomic E-state index is 0.200. The van der Waals surface area contributed by atoms with Crippen molar-refractivity contribution in [2.24, 2.45) is 0 Å². The zero-order valence-electron chi connectivity index (χ0n) is 13.7. The summed E-state index contributed by atoms with van der Waals surface area (Å²) in [7, 11) is 0. The fourth-order valence-electron chi connectivity index (χ4n) is 2.59.